The van der Waals surface area contributed by atoms with Crippen molar-refractivity contribution >= 4 is 41.4 Å². The number of carbonyl (C=O) groups is 2. The van der Waals surface area contributed by atoms with E-state index < -0.39 is 5.97 Å². The number of likely N-dealkylation sites (N-methyl/N-ethyl adjacent to an activating group) is 1. The Hall–Kier alpha value is -0.0600. The summed E-state index contributed by atoms with van der Waals surface area (Å²) in [5.74, 6) is -1.02. The van der Waals surface area contributed by atoms with Gasteiger partial charge in [-0.15, -0.1) is 0 Å². The maximum absolute atomic E-state index is 11.5. The maximum atomic E-state index is 11.5. The van der Waals surface area contributed by atoms with Crippen LogP contribution in [0.15, 0.2) is 0 Å². The van der Waals surface area contributed by atoms with E-state index in [4.69, 9.17) is 5.11 Å². The van der Waals surface area contributed by atoms with E-state index in [1.807, 2.05) is 0 Å². The van der Waals surface area contributed by atoms with E-state index in [0.717, 1.165) is 12.8 Å². The molecule has 0 saturated carbocycles. The van der Waals surface area contributed by atoms with Gasteiger partial charge in [0, 0.05) is 43.0 Å². The van der Waals surface area contributed by atoms with Crippen LogP contribution in [0.3, 0.4) is 0 Å². The van der Waals surface area contributed by atoms with Crippen LogP contribution in [-0.4, -0.2) is 65.0 Å². The minimum Gasteiger partial charge on any atom is -0.480 e. The number of carbonyl (C=O) groups excluding carboxylic acids is 1. The zero-order valence-electron chi connectivity index (χ0n) is 13.5. The van der Waals surface area contributed by atoms with Crippen LogP contribution in [0, 0.1) is 0 Å². The predicted octanol–water partition coefficient (Wildman–Crippen LogP) is 3.07. The van der Waals surface area contributed by atoms with E-state index in [-0.39, 0.29) is 42.0 Å². The van der Waals surface area contributed by atoms with Crippen LogP contribution in [0.2, 0.25) is 0 Å². The number of aliphatic carboxylic acids is 1. The average molecular weight is 294 g/mol. The number of unbranched alkanes of at least 4 members (excludes halogenated alkanes) is 8. The first kappa shape index (κ1) is 22.2. The van der Waals surface area contributed by atoms with Crippen molar-refractivity contribution in [3.8, 4) is 0 Å². The van der Waals surface area contributed by atoms with Gasteiger partial charge >= 0.3 is 5.97 Å². The van der Waals surface area contributed by atoms with Crippen LogP contribution >= 0.6 is 0 Å². The molecule has 1 amide bonds. The molecule has 0 aliphatic heterocycles. The summed E-state index contributed by atoms with van der Waals surface area (Å²) in [5.41, 5.74) is 0. The molecular weight excluding hydrogens is 265 g/mol. The van der Waals surface area contributed by atoms with Crippen LogP contribution in [0.5, 0.6) is 0 Å². The Bertz CT molecular complexity index is 260. The summed E-state index contributed by atoms with van der Waals surface area (Å²) in [6.45, 7) is 2.02. The van der Waals surface area contributed by atoms with Crippen LogP contribution in [-0.2, 0) is 9.59 Å². The molecule has 4 nitrogen and oxygen atoms in total. The first-order valence-corrected chi connectivity index (χ1v) is 7.53. The molecule has 0 rings (SSSR count). The SMILES string of the molecule is CCCCCCCCCCCC(=O)N(C)CC(=O)O.[Na]. The van der Waals surface area contributed by atoms with E-state index in [1.54, 1.807) is 7.05 Å². The summed E-state index contributed by atoms with van der Waals surface area (Å²) >= 11 is 0. The molecule has 0 heterocycles. The number of rotatable bonds is 12. The first-order chi connectivity index (χ1) is 9.07. The average Bonchev–Trinajstić information content (AvgIpc) is 2.35. The zero-order valence-corrected chi connectivity index (χ0v) is 15.5. The van der Waals surface area contributed by atoms with Crippen LogP contribution in [0.4, 0.5) is 0 Å². The van der Waals surface area contributed by atoms with Crippen LogP contribution < -0.4 is 0 Å². The number of nitrogens with zero attached hydrogens (tertiary/aromatic N) is 1. The predicted molar refractivity (Wildman–Crippen MR) is 82.9 cm³/mol. The summed E-state index contributed by atoms with van der Waals surface area (Å²) in [6, 6.07) is 0. The van der Waals surface area contributed by atoms with Crippen molar-refractivity contribution in [2.24, 2.45) is 0 Å². The second-order valence-corrected chi connectivity index (χ2v) is 5.22. The number of hydrogen-bond donors (Lipinski definition) is 1. The Morgan fingerprint density at radius 3 is 1.80 bits per heavy atom. The largest absolute Gasteiger partial charge is 0.480 e. The third kappa shape index (κ3) is 14.4. The third-order valence-electron chi connectivity index (χ3n) is 3.29. The van der Waals surface area contributed by atoms with E-state index in [1.165, 1.54) is 49.8 Å². The summed E-state index contributed by atoms with van der Waals surface area (Å²) in [7, 11) is 1.55. The maximum Gasteiger partial charge on any atom is 0.323 e. The molecule has 5 heteroatoms. The molecule has 0 spiro atoms. The van der Waals surface area contributed by atoms with Crippen molar-refractivity contribution in [1.29, 1.82) is 0 Å². The molecule has 1 radical (unpaired) electrons. The van der Waals surface area contributed by atoms with Crippen molar-refractivity contribution < 1.29 is 14.7 Å². The Balaban J connectivity index is 0. The molecule has 0 aromatic heterocycles. The van der Waals surface area contributed by atoms with Crippen molar-refractivity contribution in [2.75, 3.05) is 13.6 Å². The standard InChI is InChI=1S/C15H29NO3.Na/c1-3-4-5-6-7-8-9-10-11-12-14(17)16(2)13-15(18)19;/h3-13H2,1-2H3,(H,18,19);. The zero-order chi connectivity index (χ0) is 14.5. The number of carboxylic acid groups (broad SMARTS) is 1. The van der Waals surface area contributed by atoms with Crippen molar-refractivity contribution in [3.05, 3.63) is 0 Å². The fourth-order valence-corrected chi connectivity index (χ4v) is 2.07. The van der Waals surface area contributed by atoms with Gasteiger partial charge in [0.1, 0.15) is 6.54 Å². The molecule has 0 bridgehead atoms. The van der Waals surface area contributed by atoms with Gasteiger partial charge in [0.25, 0.3) is 0 Å². The number of carboxylic acids is 1. The van der Waals surface area contributed by atoms with Gasteiger partial charge < -0.3 is 10.0 Å². The Morgan fingerprint density at radius 1 is 0.900 bits per heavy atom. The first-order valence-electron chi connectivity index (χ1n) is 7.53. The Kier molecular flexibility index (Phi) is 17.0. The Morgan fingerprint density at radius 2 is 1.35 bits per heavy atom. The minimum atomic E-state index is -0.956. The molecule has 0 aliphatic rings. The Labute approximate surface area is 145 Å². The molecule has 0 aliphatic carbocycles. The van der Waals surface area contributed by atoms with Gasteiger partial charge in [0.05, 0.1) is 0 Å². The molecular formula is C15H29NNaO3. The van der Waals surface area contributed by atoms with Gasteiger partial charge in [-0.1, -0.05) is 58.3 Å². The molecule has 1 N–H and O–H groups in total. The van der Waals surface area contributed by atoms with Gasteiger partial charge in [0.15, 0.2) is 0 Å². The summed E-state index contributed by atoms with van der Waals surface area (Å²) < 4.78 is 0. The molecule has 0 aromatic carbocycles. The molecule has 0 unspecified atom stereocenters. The van der Waals surface area contributed by atoms with E-state index >= 15 is 0 Å². The van der Waals surface area contributed by atoms with Crippen LogP contribution in [0.25, 0.3) is 0 Å². The molecule has 0 aromatic rings. The second kappa shape index (κ2) is 15.3. The fraction of sp³-hybridized carbons (Fsp3) is 0.867. The fourth-order valence-electron chi connectivity index (χ4n) is 2.07. The van der Waals surface area contributed by atoms with E-state index in [2.05, 4.69) is 6.92 Å². The summed E-state index contributed by atoms with van der Waals surface area (Å²) in [6.07, 6.45) is 11.4. The molecule has 0 saturated heterocycles. The second-order valence-electron chi connectivity index (χ2n) is 5.22. The monoisotopic (exact) mass is 294 g/mol. The van der Waals surface area contributed by atoms with Crippen molar-refractivity contribution in [2.45, 2.75) is 71.1 Å². The topological polar surface area (TPSA) is 57.6 Å². The van der Waals surface area contributed by atoms with Crippen molar-refractivity contribution in [3.63, 3.8) is 0 Å². The summed E-state index contributed by atoms with van der Waals surface area (Å²) in [4.78, 5) is 23.3. The normalized spacial score (nSPS) is 9.90. The third-order valence-corrected chi connectivity index (χ3v) is 3.29. The van der Waals surface area contributed by atoms with E-state index in [9.17, 15) is 9.59 Å². The smallest absolute Gasteiger partial charge is 0.323 e. The molecule has 0 atom stereocenters. The van der Waals surface area contributed by atoms with Gasteiger partial charge in [0.2, 0.25) is 5.91 Å². The van der Waals surface area contributed by atoms with Gasteiger partial charge in [-0.25, -0.2) is 0 Å². The van der Waals surface area contributed by atoms with E-state index in [0.29, 0.717) is 6.42 Å². The van der Waals surface area contributed by atoms with Gasteiger partial charge in [-0.3, -0.25) is 9.59 Å². The minimum absolute atomic E-state index is 0. The molecule has 113 valence electrons. The molecule has 0 fully saturated rings. The van der Waals surface area contributed by atoms with Gasteiger partial charge in [-0.2, -0.15) is 0 Å². The summed E-state index contributed by atoms with van der Waals surface area (Å²) in [5, 5.41) is 8.57. The molecule has 20 heavy (non-hydrogen) atoms. The van der Waals surface area contributed by atoms with Gasteiger partial charge in [-0.05, 0) is 6.42 Å². The number of hydrogen-bond acceptors (Lipinski definition) is 2. The van der Waals surface area contributed by atoms with Crippen molar-refractivity contribution in [1.82, 2.24) is 4.90 Å². The number of amides is 1. The van der Waals surface area contributed by atoms with Crippen LogP contribution in [0.1, 0.15) is 71.1 Å². The quantitative estimate of drug-likeness (QED) is 0.444.